The second kappa shape index (κ2) is 16.9. The van der Waals surface area contributed by atoms with Crippen molar-refractivity contribution in [2.75, 3.05) is 0 Å². The minimum atomic E-state index is -0.845. The quantitative estimate of drug-likeness (QED) is 0.1000. The summed E-state index contributed by atoms with van der Waals surface area (Å²) in [4.78, 5) is 0. The third-order valence-corrected chi connectivity index (χ3v) is 18.2. The number of hydrogen-bond acceptors (Lipinski definition) is 0. The lowest BCUT2D eigenvalue weighted by Crippen LogP contribution is -2.20. The molecule has 0 N–H and O–H groups in total. The minimum absolute atomic E-state index is 0.0177. The SMILES string of the molecule is CC1(C)c2ccccc2-c2c(/C=C/c3ccc(P(c4ccc(/C=C/c5cccc6c5-c5ccccc5C6(C)C)cc4)c4ccc(/C=C/c5cccc6c5C(C)(C)c5ccccc5-6)cc4)cc3)cccc21. The van der Waals surface area contributed by atoms with Gasteiger partial charge in [-0.3, -0.25) is 0 Å². The number of fused-ring (bicyclic) bond motifs is 9. The molecule has 0 saturated carbocycles. The molecule has 0 nitrogen and oxygen atoms in total. The van der Waals surface area contributed by atoms with E-state index in [0.29, 0.717) is 0 Å². The Labute approximate surface area is 416 Å². The molecule has 0 radical (unpaired) electrons. The molecule has 12 rings (SSSR count). The van der Waals surface area contributed by atoms with Gasteiger partial charge in [0.2, 0.25) is 0 Å². The highest BCUT2D eigenvalue weighted by Crippen LogP contribution is 2.53. The summed E-state index contributed by atoms with van der Waals surface area (Å²) in [5, 5.41) is 3.99. The van der Waals surface area contributed by atoms with Gasteiger partial charge in [0, 0.05) is 16.2 Å². The fourth-order valence-electron chi connectivity index (χ4n) is 12.1. The van der Waals surface area contributed by atoms with E-state index in [9.17, 15) is 0 Å². The summed E-state index contributed by atoms with van der Waals surface area (Å²) in [5.41, 5.74) is 23.9. The fourth-order valence-corrected chi connectivity index (χ4v) is 14.3. The van der Waals surface area contributed by atoms with Crippen molar-refractivity contribution in [3.63, 3.8) is 0 Å². The largest absolute Gasteiger partial charge is 0.0619 e. The maximum absolute atomic E-state index is 2.36. The summed E-state index contributed by atoms with van der Waals surface area (Å²) in [7, 11) is -0.845. The van der Waals surface area contributed by atoms with Gasteiger partial charge in [0.05, 0.1) is 0 Å². The lowest BCUT2D eigenvalue weighted by atomic mass is 9.80. The van der Waals surface area contributed by atoms with Crippen LogP contribution in [0.15, 0.2) is 200 Å². The monoisotopic (exact) mass is 916 g/mol. The van der Waals surface area contributed by atoms with Crippen LogP contribution in [-0.4, -0.2) is 0 Å². The highest BCUT2D eigenvalue weighted by Gasteiger charge is 2.38. The van der Waals surface area contributed by atoms with E-state index in [-0.39, 0.29) is 16.2 Å². The molecule has 0 heterocycles. The Bertz CT molecular complexity index is 3430. The summed E-state index contributed by atoms with van der Waals surface area (Å²) < 4.78 is 0. The van der Waals surface area contributed by atoms with E-state index in [1.807, 2.05) is 0 Å². The first-order chi connectivity index (χ1) is 34.0. The van der Waals surface area contributed by atoms with E-state index in [2.05, 4.69) is 278 Å². The minimum Gasteiger partial charge on any atom is -0.0619 e. The van der Waals surface area contributed by atoms with Gasteiger partial charge in [-0.05, 0) is 124 Å². The summed E-state index contributed by atoms with van der Waals surface area (Å²) in [6, 6.07) is 74.9. The zero-order chi connectivity index (χ0) is 47.8. The zero-order valence-electron chi connectivity index (χ0n) is 41.0. The van der Waals surface area contributed by atoms with Gasteiger partial charge in [-0.1, -0.05) is 278 Å². The molecule has 338 valence electrons. The first kappa shape index (κ1) is 43.9. The Morgan fingerprint density at radius 2 is 0.600 bits per heavy atom. The molecular formula is C69H57P. The van der Waals surface area contributed by atoms with Gasteiger partial charge in [0.25, 0.3) is 0 Å². The molecule has 0 aromatic heterocycles. The van der Waals surface area contributed by atoms with Crippen LogP contribution in [0.25, 0.3) is 69.8 Å². The first-order valence-electron chi connectivity index (χ1n) is 24.8. The van der Waals surface area contributed by atoms with Crippen molar-refractivity contribution in [1.29, 1.82) is 0 Å². The van der Waals surface area contributed by atoms with Crippen molar-refractivity contribution < 1.29 is 0 Å². The molecule has 0 aliphatic heterocycles. The van der Waals surface area contributed by atoms with Crippen LogP contribution in [0.1, 0.15) is 108 Å². The van der Waals surface area contributed by atoms with E-state index in [1.54, 1.807) is 0 Å². The number of hydrogen-bond donors (Lipinski definition) is 0. The molecule has 0 amide bonds. The van der Waals surface area contributed by atoms with Gasteiger partial charge in [0.1, 0.15) is 0 Å². The molecule has 0 atom stereocenters. The molecule has 0 bridgehead atoms. The van der Waals surface area contributed by atoms with Crippen molar-refractivity contribution in [2.45, 2.75) is 57.8 Å². The van der Waals surface area contributed by atoms with E-state index in [0.717, 1.165) is 0 Å². The predicted molar refractivity (Wildman–Crippen MR) is 304 cm³/mol. The second-order valence-corrected chi connectivity index (χ2v) is 23.2. The van der Waals surface area contributed by atoms with Crippen LogP contribution in [0.3, 0.4) is 0 Å². The van der Waals surface area contributed by atoms with Crippen molar-refractivity contribution in [2.24, 2.45) is 0 Å². The zero-order valence-corrected chi connectivity index (χ0v) is 41.9. The molecule has 1 heteroatoms. The molecule has 9 aromatic rings. The Morgan fingerprint density at radius 1 is 0.271 bits per heavy atom. The molecule has 3 aliphatic carbocycles. The normalized spacial score (nSPS) is 15.3. The van der Waals surface area contributed by atoms with Gasteiger partial charge < -0.3 is 0 Å². The summed E-state index contributed by atoms with van der Waals surface area (Å²) >= 11 is 0. The fraction of sp³-hybridized carbons (Fsp3) is 0.130. The number of rotatable bonds is 9. The second-order valence-electron chi connectivity index (χ2n) is 20.9. The van der Waals surface area contributed by atoms with Crippen molar-refractivity contribution in [1.82, 2.24) is 0 Å². The maximum atomic E-state index is 2.36. The highest BCUT2D eigenvalue weighted by molar-refractivity contribution is 7.79. The predicted octanol–water partition coefficient (Wildman–Crippen LogP) is 16.9. The lowest BCUT2D eigenvalue weighted by molar-refractivity contribution is 0.659. The molecule has 0 unspecified atom stereocenters. The summed E-state index contributed by atoms with van der Waals surface area (Å²) in [6.07, 6.45) is 13.8. The molecule has 0 spiro atoms. The Morgan fingerprint density at radius 3 is 1.04 bits per heavy atom. The molecule has 0 saturated heterocycles. The maximum Gasteiger partial charge on any atom is 0.0164 e. The van der Waals surface area contributed by atoms with Crippen LogP contribution in [-0.2, 0) is 16.2 Å². The molecule has 3 aliphatic rings. The van der Waals surface area contributed by atoms with Gasteiger partial charge in [-0.25, -0.2) is 0 Å². The average Bonchev–Trinajstić information content (AvgIpc) is 3.89. The van der Waals surface area contributed by atoms with Gasteiger partial charge in [0.15, 0.2) is 0 Å². The first-order valence-corrected chi connectivity index (χ1v) is 26.2. The van der Waals surface area contributed by atoms with Crippen LogP contribution < -0.4 is 15.9 Å². The van der Waals surface area contributed by atoms with E-state index >= 15 is 0 Å². The Kier molecular flexibility index (Phi) is 10.6. The highest BCUT2D eigenvalue weighted by atomic mass is 31.1. The Balaban J connectivity index is 0.860. The standard InChI is InChI=1S/C69H57P/c1-67(2)60-24-11-8-20-57(60)64-49(16-14-26-62(64)67)37-28-46-31-40-52(41-32-46)70(53-42-33-47(34-43-53)29-38-50-17-15-27-63-65(50)58-21-9-12-25-61(58)68(63,3)4)54-44-35-48(36-45-54)30-39-51-18-13-22-56-55-19-7-10-23-59(55)69(5,6)66(51)56/h7-45H,1-6H3/b37-28+,38-29+,39-30+. The molecule has 70 heavy (non-hydrogen) atoms. The van der Waals surface area contributed by atoms with E-state index < -0.39 is 7.92 Å². The third-order valence-electron chi connectivity index (χ3n) is 15.7. The van der Waals surface area contributed by atoms with Crippen molar-refractivity contribution >= 4 is 60.3 Å². The van der Waals surface area contributed by atoms with Crippen LogP contribution in [0, 0.1) is 0 Å². The number of benzene rings is 9. The molecular weight excluding hydrogens is 860 g/mol. The molecule has 9 aromatic carbocycles. The van der Waals surface area contributed by atoms with Crippen LogP contribution in [0.2, 0.25) is 0 Å². The van der Waals surface area contributed by atoms with E-state index in [1.165, 1.54) is 116 Å². The Hall–Kier alpha value is -7.37. The smallest absolute Gasteiger partial charge is 0.0164 e. The topological polar surface area (TPSA) is 0 Å². The molecule has 0 fully saturated rings. The van der Waals surface area contributed by atoms with Gasteiger partial charge >= 0.3 is 0 Å². The van der Waals surface area contributed by atoms with Gasteiger partial charge in [-0.15, -0.1) is 0 Å². The van der Waals surface area contributed by atoms with Crippen LogP contribution in [0.4, 0.5) is 0 Å². The van der Waals surface area contributed by atoms with Crippen molar-refractivity contribution in [3.05, 3.63) is 267 Å². The lowest BCUT2D eigenvalue weighted by Gasteiger charge is -2.23. The van der Waals surface area contributed by atoms with Gasteiger partial charge in [-0.2, -0.15) is 0 Å². The average molecular weight is 917 g/mol. The third kappa shape index (κ3) is 7.23. The summed E-state index contributed by atoms with van der Waals surface area (Å²) in [6.45, 7) is 14.1. The summed E-state index contributed by atoms with van der Waals surface area (Å²) in [5.74, 6) is 0. The van der Waals surface area contributed by atoms with E-state index in [4.69, 9.17) is 0 Å². The van der Waals surface area contributed by atoms with Crippen molar-refractivity contribution in [3.8, 4) is 33.4 Å². The van der Waals surface area contributed by atoms with Crippen LogP contribution in [0.5, 0.6) is 0 Å². The van der Waals surface area contributed by atoms with Crippen LogP contribution >= 0.6 is 7.92 Å².